The average Bonchev–Trinajstić information content (AvgIpc) is 2.71. The van der Waals surface area contributed by atoms with Gasteiger partial charge in [0.1, 0.15) is 12.4 Å². The van der Waals surface area contributed by atoms with Crippen LogP contribution in [0.1, 0.15) is 24.1 Å². The van der Waals surface area contributed by atoms with Gasteiger partial charge in [0.05, 0.1) is 18.7 Å². The number of nitrogens with one attached hydrogen (secondary N) is 1. The van der Waals surface area contributed by atoms with Crippen LogP contribution >= 0.6 is 11.6 Å². The minimum atomic E-state index is -0.736. The lowest BCUT2D eigenvalue weighted by atomic mass is 9.94. The molecule has 0 saturated carbocycles. The number of amides is 2. The highest BCUT2D eigenvalue weighted by Gasteiger charge is 2.36. The quantitative estimate of drug-likeness (QED) is 0.768. The molecule has 0 bridgehead atoms. The lowest BCUT2D eigenvalue weighted by Crippen LogP contribution is -2.46. The summed E-state index contributed by atoms with van der Waals surface area (Å²) in [4.78, 5) is 26.2. The summed E-state index contributed by atoms with van der Waals surface area (Å²) in [6.07, 6.45) is 0. The van der Waals surface area contributed by atoms with Gasteiger partial charge in [0.15, 0.2) is 0 Å². The van der Waals surface area contributed by atoms with E-state index in [1.807, 2.05) is 30.3 Å². The van der Waals surface area contributed by atoms with Crippen LogP contribution in [0.25, 0.3) is 0 Å². The van der Waals surface area contributed by atoms with Crippen LogP contribution in [0.3, 0.4) is 0 Å². The molecule has 3 rings (SSSR count). The molecule has 2 amide bonds. The zero-order valence-electron chi connectivity index (χ0n) is 15.9. The summed E-state index contributed by atoms with van der Waals surface area (Å²) in [6, 6.07) is 13.8. The SMILES string of the molecule is COC(=O)C1=C(C)N(C)C(=O)NC1c1cc(Cl)ccc1OCc1ccccc1. The van der Waals surface area contributed by atoms with E-state index in [1.54, 1.807) is 32.2 Å². The molecule has 0 aromatic heterocycles. The highest BCUT2D eigenvalue weighted by molar-refractivity contribution is 6.30. The van der Waals surface area contributed by atoms with Crippen molar-refractivity contribution in [1.29, 1.82) is 0 Å². The Balaban J connectivity index is 2.02. The number of carbonyl (C=O) groups is 2. The van der Waals surface area contributed by atoms with Crippen molar-refractivity contribution in [3.05, 3.63) is 76.0 Å². The van der Waals surface area contributed by atoms with Crippen LogP contribution in [0.4, 0.5) is 4.79 Å². The van der Waals surface area contributed by atoms with Gasteiger partial charge in [-0.25, -0.2) is 9.59 Å². The molecule has 0 saturated heterocycles. The van der Waals surface area contributed by atoms with Crippen molar-refractivity contribution in [2.24, 2.45) is 0 Å². The van der Waals surface area contributed by atoms with Gasteiger partial charge in [-0.05, 0) is 30.7 Å². The van der Waals surface area contributed by atoms with Crippen LogP contribution in [0.5, 0.6) is 5.75 Å². The summed E-state index contributed by atoms with van der Waals surface area (Å²) in [5.74, 6) is 0.000596. The van der Waals surface area contributed by atoms with Crippen molar-refractivity contribution in [1.82, 2.24) is 10.2 Å². The van der Waals surface area contributed by atoms with E-state index in [0.717, 1.165) is 5.56 Å². The third kappa shape index (κ3) is 3.97. The number of hydrogen-bond donors (Lipinski definition) is 1. The molecule has 1 atom stereocenters. The van der Waals surface area contributed by atoms with Crippen LogP contribution in [0, 0.1) is 0 Å². The molecule has 0 spiro atoms. The van der Waals surface area contributed by atoms with Gasteiger partial charge in [0, 0.05) is 23.3 Å². The molecule has 2 aromatic rings. The normalized spacial score (nSPS) is 16.6. The molecular weight excluding hydrogens is 380 g/mol. The maximum absolute atomic E-state index is 12.5. The fourth-order valence-corrected chi connectivity index (χ4v) is 3.24. The van der Waals surface area contributed by atoms with Crippen molar-refractivity contribution >= 4 is 23.6 Å². The third-order valence-corrected chi connectivity index (χ3v) is 4.91. The van der Waals surface area contributed by atoms with Crippen molar-refractivity contribution in [2.45, 2.75) is 19.6 Å². The predicted octanol–water partition coefficient (Wildman–Crippen LogP) is 4.06. The fourth-order valence-electron chi connectivity index (χ4n) is 3.05. The molecule has 2 aromatic carbocycles. The van der Waals surface area contributed by atoms with Gasteiger partial charge in [-0.2, -0.15) is 0 Å². The summed E-state index contributed by atoms with van der Waals surface area (Å²) in [6.45, 7) is 2.04. The lowest BCUT2D eigenvalue weighted by molar-refractivity contribution is -0.136. The van der Waals surface area contributed by atoms with E-state index in [4.69, 9.17) is 21.1 Å². The number of esters is 1. The van der Waals surface area contributed by atoms with E-state index in [9.17, 15) is 9.59 Å². The first-order valence-corrected chi connectivity index (χ1v) is 9.09. The summed E-state index contributed by atoms with van der Waals surface area (Å²) in [5, 5.41) is 3.30. The maximum atomic E-state index is 12.5. The molecule has 1 N–H and O–H groups in total. The molecule has 1 heterocycles. The Kier molecular flexibility index (Phi) is 5.90. The van der Waals surface area contributed by atoms with Crippen LogP contribution in [-0.4, -0.2) is 31.1 Å². The number of benzene rings is 2. The molecular formula is C21H21ClN2O4. The summed E-state index contributed by atoms with van der Waals surface area (Å²) in [5.41, 5.74) is 2.42. The van der Waals surface area contributed by atoms with Crippen LogP contribution < -0.4 is 10.1 Å². The van der Waals surface area contributed by atoms with Crippen molar-refractivity contribution in [3.8, 4) is 5.75 Å². The number of rotatable bonds is 5. The number of nitrogens with zero attached hydrogens (tertiary/aromatic N) is 1. The Labute approximate surface area is 168 Å². The van der Waals surface area contributed by atoms with Gasteiger partial charge >= 0.3 is 12.0 Å². The van der Waals surface area contributed by atoms with Crippen molar-refractivity contribution in [3.63, 3.8) is 0 Å². The monoisotopic (exact) mass is 400 g/mol. The van der Waals surface area contributed by atoms with E-state index in [0.29, 0.717) is 34.2 Å². The van der Waals surface area contributed by atoms with Gasteiger partial charge in [-0.1, -0.05) is 41.9 Å². The number of ether oxygens (including phenoxy) is 2. The smallest absolute Gasteiger partial charge is 0.337 e. The Hall–Kier alpha value is -2.99. The lowest BCUT2D eigenvalue weighted by Gasteiger charge is -2.33. The predicted molar refractivity (Wildman–Crippen MR) is 106 cm³/mol. The highest BCUT2D eigenvalue weighted by Crippen LogP contribution is 2.37. The van der Waals surface area contributed by atoms with E-state index >= 15 is 0 Å². The van der Waals surface area contributed by atoms with Gasteiger partial charge in [-0.15, -0.1) is 0 Å². The number of methoxy groups -OCH3 is 1. The first-order chi connectivity index (χ1) is 13.4. The first kappa shape index (κ1) is 19.8. The van der Waals surface area contributed by atoms with E-state index in [-0.39, 0.29) is 6.03 Å². The summed E-state index contributed by atoms with van der Waals surface area (Å²) < 4.78 is 10.9. The molecule has 1 aliphatic rings. The maximum Gasteiger partial charge on any atom is 0.337 e. The van der Waals surface area contributed by atoms with Crippen LogP contribution in [0.15, 0.2) is 59.8 Å². The first-order valence-electron chi connectivity index (χ1n) is 8.72. The molecule has 0 fully saturated rings. The van der Waals surface area contributed by atoms with Crippen LogP contribution in [-0.2, 0) is 16.1 Å². The van der Waals surface area contributed by atoms with Gasteiger partial charge in [0.25, 0.3) is 0 Å². The Morgan fingerprint density at radius 3 is 2.61 bits per heavy atom. The standard InChI is InChI=1S/C21H21ClN2O4/c1-13-18(20(25)27-3)19(23-21(26)24(13)2)16-11-15(22)9-10-17(16)28-12-14-7-5-4-6-8-14/h4-11,19H,12H2,1-3H3,(H,23,26). The minimum absolute atomic E-state index is 0.330. The number of allylic oxidation sites excluding steroid dienone is 1. The van der Waals surface area contributed by atoms with E-state index in [2.05, 4.69) is 5.32 Å². The van der Waals surface area contributed by atoms with E-state index < -0.39 is 12.0 Å². The number of halogens is 1. The molecule has 0 radical (unpaired) electrons. The second-order valence-electron chi connectivity index (χ2n) is 6.39. The number of carbonyl (C=O) groups excluding carboxylic acids is 2. The molecule has 1 unspecified atom stereocenters. The van der Waals surface area contributed by atoms with Gasteiger partial charge in [-0.3, -0.25) is 0 Å². The summed E-state index contributed by atoms with van der Waals surface area (Å²) >= 11 is 6.20. The Bertz CT molecular complexity index is 927. The highest BCUT2D eigenvalue weighted by atomic mass is 35.5. The second-order valence-corrected chi connectivity index (χ2v) is 6.83. The molecule has 1 aliphatic heterocycles. The average molecular weight is 401 g/mol. The van der Waals surface area contributed by atoms with E-state index in [1.165, 1.54) is 12.0 Å². The van der Waals surface area contributed by atoms with Crippen molar-refractivity contribution in [2.75, 3.05) is 14.2 Å². The minimum Gasteiger partial charge on any atom is -0.489 e. The second kappa shape index (κ2) is 8.35. The van der Waals surface area contributed by atoms with Gasteiger partial charge < -0.3 is 19.7 Å². The molecule has 146 valence electrons. The van der Waals surface area contributed by atoms with Gasteiger partial charge in [0.2, 0.25) is 0 Å². The number of hydrogen-bond acceptors (Lipinski definition) is 4. The van der Waals surface area contributed by atoms with Crippen LogP contribution in [0.2, 0.25) is 5.02 Å². The Morgan fingerprint density at radius 1 is 1.21 bits per heavy atom. The molecule has 7 heteroatoms. The zero-order valence-corrected chi connectivity index (χ0v) is 16.6. The fraction of sp³-hybridized carbons (Fsp3) is 0.238. The molecule has 0 aliphatic carbocycles. The van der Waals surface area contributed by atoms with Crippen molar-refractivity contribution < 1.29 is 19.1 Å². The third-order valence-electron chi connectivity index (χ3n) is 4.68. The number of urea groups is 1. The topological polar surface area (TPSA) is 67.9 Å². The summed E-state index contributed by atoms with van der Waals surface area (Å²) in [7, 11) is 2.90. The zero-order chi connectivity index (χ0) is 20.3. The molecule has 28 heavy (non-hydrogen) atoms. The molecule has 6 nitrogen and oxygen atoms in total. The Morgan fingerprint density at radius 2 is 1.93 bits per heavy atom. The largest absolute Gasteiger partial charge is 0.489 e.